The average Bonchev–Trinajstić information content (AvgIpc) is 2.77. The normalized spacial score (nSPS) is 12.4. The number of hydrogen-bond donors (Lipinski definition) is 2. The molecule has 0 saturated carbocycles. The third kappa shape index (κ3) is 6.01. The van der Waals surface area contributed by atoms with E-state index in [9.17, 15) is 4.79 Å². The lowest BCUT2D eigenvalue weighted by atomic mass is 10.2. The molecular formula is C11H21N5O. The first kappa shape index (κ1) is 13.6. The van der Waals surface area contributed by atoms with Gasteiger partial charge < -0.3 is 10.6 Å². The van der Waals surface area contributed by atoms with E-state index in [0.29, 0.717) is 13.0 Å². The van der Waals surface area contributed by atoms with Crippen LogP contribution in [0.3, 0.4) is 0 Å². The lowest BCUT2D eigenvalue weighted by molar-refractivity contribution is -0.121. The SMILES string of the molecule is CCNC(C)CC(=O)NCCCn1ccnn1. The van der Waals surface area contributed by atoms with Gasteiger partial charge in [0.2, 0.25) is 5.91 Å². The molecule has 0 aliphatic heterocycles. The molecule has 0 saturated heterocycles. The van der Waals surface area contributed by atoms with Crippen LogP contribution in [0, 0.1) is 0 Å². The molecule has 0 radical (unpaired) electrons. The van der Waals surface area contributed by atoms with Gasteiger partial charge in [0.15, 0.2) is 0 Å². The van der Waals surface area contributed by atoms with E-state index in [1.807, 2.05) is 20.0 Å². The second kappa shape index (κ2) is 7.78. The highest BCUT2D eigenvalue weighted by atomic mass is 16.1. The van der Waals surface area contributed by atoms with Gasteiger partial charge in [0.05, 0.1) is 6.20 Å². The van der Waals surface area contributed by atoms with E-state index in [1.54, 1.807) is 10.9 Å². The van der Waals surface area contributed by atoms with Gasteiger partial charge >= 0.3 is 0 Å². The summed E-state index contributed by atoms with van der Waals surface area (Å²) in [5.41, 5.74) is 0. The van der Waals surface area contributed by atoms with Crippen molar-refractivity contribution in [1.29, 1.82) is 0 Å². The Morgan fingerprint density at radius 3 is 3.00 bits per heavy atom. The second-order valence-electron chi connectivity index (χ2n) is 4.03. The van der Waals surface area contributed by atoms with Crippen LogP contribution in [0.5, 0.6) is 0 Å². The molecule has 1 aromatic heterocycles. The summed E-state index contributed by atoms with van der Waals surface area (Å²) in [5.74, 6) is 0.0945. The number of nitrogens with one attached hydrogen (secondary N) is 2. The van der Waals surface area contributed by atoms with Crippen molar-refractivity contribution >= 4 is 5.91 Å². The third-order valence-corrected chi connectivity index (χ3v) is 2.40. The maximum Gasteiger partial charge on any atom is 0.221 e. The summed E-state index contributed by atoms with van der Waals surface area (Å²) in [4.78, 5) is 11.5. The topological polar surface area (TPSA) is 71.8 Å². The van der Waals surface area contributed by atoms with Crippen LogP contribution in [0.15, 0.2) is 12.4 Å². The highest BCUT2D eigenvalue weighted by Gasteiger charge is 2.06. The van der Waals surface area contributed by atoms with Gasteiger partial charge in [0.1, 0.15) is 0 Å². The second-order valence-corrected chi connectivity index (χ2v) is 4.03. The Labute approximate surface area is 102 Å². The minimum Gasteiger partial charge on any atom is -0.356 e. The molecule has 2 N–H and O–H groups in total. The lowest BCUT2D eigenvalue weighted by Crippen LogP contribution is -2.34. The number of aryl methyl sites for hydroxylation is 1. The van der Waals surface area contributed by atoms with Gasteiger partial charge in [-0.2, -0.15) is 0 Å². The standard InChI is InChI=1S/C11H21N5O/c1-3-12-10(2)9-11(17)13-5-4-7-16-8-6-14-15-16/h6,8,10,12H,3-5,7,9H2,1-2H3,(H,13,17). The monoisotopic (exact) mass is 239 g/mol. The molecule has 0 aliphatic rings. The maximum atomic E-state index is 11.5. The Morgan fingerprint density at radius 1 is 1.53 bits per heavy atom. The minimum atomic E-state index is 0.0945. The van der Waals surface area contributed by atoms with E-state index in [-0.39, 0.29) is 11.9 Å². The van der Waals surface area contributed by atoms with E-state index in [1.165, 1.54) is 0 Å². The fraction of sp³-hybridized carbons (Fsp3) is 0.727. The third-order valence-electron chi connectivity index (χ3n) is 2.40. The van der Waals surface area contributed by atoms with E-state index >= 15 is 0 Å². The van der Waals surface area contributed by atoms with Crippen LogP contribution < -0.4 is 10.6 Å². The number of nitrogens with zero attached hydrogens (tertiary/aromatic N) is 3. The molecule has 17 heavy (non-hydrogen) atoms. The number of hydrogen-bond acceptors (Lipinski definition) is 4. The number of rotatable bonds is 8. The first-order valence-electron chi connectivity index (χ1n) is 6.06. The Balaban J connectivity index is 2.04. The van der Waals surface area contributed by atoms with E-state index in [0.717, 1.165) is 19.5 Å². The zero-order valence-corrected chi connectivity index (χ0v) is 10.5. The summed E-state index contributed by atoms with van der Waals surface area (Å²) in [6, 6.07) is 0.232. The first-order chi connectivity index (χ1) is 8.22. The van der Waals surface area contributed by atoms with E-state index in [2.05, 4.69) is 20.9 Å². The summed E-state index contributed by atoms with van der Waals surface area (Å²) < 4.78 is 1.76. The summed E-state index contributed by atoms with van der Waals surface area (Å²) in [7, 11) is 0. The summed E-state index contributed by atoms with van der Waals surface area (Å²) >= 11 is 0. The van der Waals surface area contributed by atoms with Crippen molar-refractivity contribution in [2.24, 2.45) is 0 Å². The molecule has 96 valence electrons. The van der Waals surface area contributed by atoms with Crippen LogP contribution in [0.1, 0.15) is 26.7 Å². The predicted molar refractivity (Wildman–Crippen MR) is 65.4 cm³/mol. The Bertz CT molecular complexity index is 312. The van der Waals surface area contributed by atoms with Crippen molar-refractivity contribution in [3.63, 3.8) is 0 Å². The van der Waals surface area contributed by atoms with Crippen molar-refractivity contribution in [3.8, 4) is 0 Å². The zero-order chi connectivity index (χ0) is 12.5. The van der Waals surface area contributed by atoms with Gasteiger partial charge in [0, 0.05) is 31.7 Å². The quantitative estimate of drug-likeness (QED) is 0.634. The molecular weight excluding hydrogens is 218 g/mol. The highest BCUT2D eigenvalue weighted by molar-refractivity contribution is 5.76. The fourth-order valence-corrected chi connectivity index (χ4v) is 1.59. The lowest BCUT2D eigenvalue weighted by Gasteiger charge is -2.11. The predicted octanol–water partition coefficient (Wildman–Crippen LogP) is 0.173. The summed E-state index contributed by atoms with van der Waals surface area (Å²) in [5, 5.41) is 13.7. The van der Waals surface area contributed by atoms with Crippen molar-refractivity contribution in [1.82, 2.24) is 25.6 Å². The summed E-state index contributed by atoms with van der Waals surface area (Å²) in [6.07, 6.45) is 4.85. The molecule has 0 aromatic carbocycles. The van der Waals surface area contributed by atoms with Crippen LogP contribution in [-0.2, 0) is 11.3 Å². The van der Waals surface area contributed by atoms with Gasteiger partial charge in [-0.15, -0.1) is 5.10 Å². The van der Waals surface area contributed by atoms with Crippen LogP contribution >= 0.6 is 0 Å². The number of carbonyl (C=O) groups excluding carboxylic acids is 1. The van der Waals surface area contributed by atoms with Crippen LogP contribution in [0.4, 0.5) is 0 Å². The van der Waals surface area contributed by atoms with Crippen LogP contribution in [0.2, 0.25) is 0 Å². The van der Waals surface area contributed by atoms with Crippen molar-refractivity contribution in [3.05, 3.63) is 12.4 Å². The molecule has 1 rings (SSSR count). The molecule has 1 amide bonds. The van der Waals surface area contributed by atoms with Gasteiger partial charge in [0.25, 0.3) is 0 Å². The molecule has 6 heteroatoms. The van der Waals surface area contributed by atoms with Crippen LogP contribution in [0.25, 0.3) is 0 Å². The molecule has 1 heterocycles. The molecule has 0 spiro atoms. The molecule has 0 aliphatic carbocycles. The minimum absolute atomic E-state index is 0.0945. The van der Waals surface area contributed by atoms with Gasteiger partial charge in [-0.05, 0) is 19.9 Å². The van der Waals surface area contributed by atoms with E-state index < -0.39 is 0 Å². The average molecular weight is 239 g/mol. The molecule has 0 fully saturated rings. The van der Waals surface area contributed by atoms with Crippen molar-refractivity contribution < 1.29 is 4.79 Å². The summed E-state index contributed by atoms with van der Waals surface area (Å²) in [6.45, 7) is 6.40. The molecule has 0 bridgehead atoms. The fourth-order valence-electron chi connectivity index (χ4n) is 1.59. The maximum absolute atomic E-state index is 11.5. The number of amides is 1. The Morgan fingerprint density at radius 2 is 2.35 bits per heavy atom. The van der Waals surface area contributed by atoms with Crippen molar-refractivity contribution in [2.45, 2.75) is 39.3 Å². The molecule has 1 atom stereocenters. The van der Waals surface area contributed by atoms with Crippen LogP contribution in [-0.4, -0.2) is 40.0 Å². The largest absolute Gasteiger partial charge is 0.356 e. The smallest absolute Gasteiger partial charge is 0.221 e. The van der Waals surface area contributed by atoms with Gasteiger partial charge in [-0.25, -0.2) is 0 Å². The molecule has 1 aromatic rings. The number of carbonyl (C=O) groups is 1. The van der Waals surface area contributed by atoms with Crippen molar-refractivity contribution in [2.75, 3.05) is 13.1 Å². The molecule has 6 nitrogen and oxygen atoms in total. The Kier molecular flexibility index (Phi) is 6.24. The Hall–Kier alpha value is -1.43. The van der Waals surface area contributed by atoms with Gasteiger partial charge in [-0.1, -0.05) is 12.1 Å². The van der Waals surface area contributed by atoms with Gasteiger partial charge in [-0.3, -0.25) is 9.48 Å². The first-order valence-corrected chi connectivity index (χ1v) is 6.06. The number of aromatic nitrogens is 3. The van der Waals surface area contributed by atoms with E-state index in [4.69, 9.17) is 0 Å². The zero-order valence-electron chi connectivity index (χ0n) is 10.5. The molecule has 1 unspecified atom stereocenters. The highest BCUT2D eigenvalue weighted by Crippen LogP contribution is 1.91.